The molecule has 0 bridgehead atoms. The van der Waals surface area contributed by atoms with Gasteiger partial charge in [-0.05, 0) is 18.2 Å². The zero-order valence-corrected chi connectivity index (χ0v) is 12.3. The van der Waals surface area contributed by atoms with Crippen molar-refractivity contribution in [3.63, 3.8) is 0 Å². The SMILES string of the molecule is O=C(CN1CC(=O)Oc2ccc(Cl)cc21)Nc1nccs1. The zero-order valence-electron chi connectivity index (χ0n) is 10.7. The second kappa shape index (κ2) is 5.71. The van der Waals surface area contributed by atoms with Crippen LogP contribution in [-0.2, 0) is 9.59 Å². The molecule has 0 atom stereocenters. The maximum atomic E-state index is 12.0. The molecule has 1 amide bonds. The fourth-order valence-corrected chi connectivity index (χ4v) is 2.69. The van der Waals surface area contributed by atoms with Gasteiger partial charge in [0.2, 0.25) is 5.91 Å². The quantitative estimate of drug-likeness (QED) is 0.692. The summed E-state index contributed by atoms with van der Waals surface area (Å²) >= 11 is 7.28. The average Bonchev–Trinajstić information content (AvgIpc) is 2.92. The lowest BCUT2D eigenvalue weighted by atomic mass is 10.2. The molecule has 0 saturated carbocycles. The summed E-state index contributed by atoms with van der Waals surface area (Å²) in [4.78, 5) is 29.2. The molecule has 21 heavy (non-hydrogen) atoms. The van der Waals surface area contributed by atoms with Crippen molar-refractivity contribution in [1.29, 1.82) is 0 Å². The maximum Gasteiger partial charge on any atom is 0.331 e. The van der Waals surface area contributed by atoms with Crippen LogP contribution in [0.15, 0.2) is 29.8 Å². The smallest absolute Gasteiger partial charge is 0.331 e. The number of nitrogens with zero attached hydrogens (tertiary/aromatic N) is 2. The van der Waals surface area contributed by atoms with Crippen molar-refractivity contribution in [3.05, 3.63) is 34.8 Å². The number of nitrogens with one attached hydrogen (secondary N) is 1. The van der Waals surface area contributed by atoms with Crippen molar-refractivity contribution < 1.29 is 14.3 Å². The summed E-state index contributed by atoms with van der Waals surface area (Å²) in [6.07, 6.45) is 1.60. The van der Waals surface area contributed by atoms with Crippen LogP contribution < -0.4 is 15.0 Å². The van der Waals surface area contributed by atoms with E-state index < -0.39 is 5.97 Å². The van der Waals surface area contributed by atoms with Gasteiger partial charge in [-0.2, -0.15) is 0 Å². The van der Waals surface area contributed by atoms with E-state index in [0.29, 0.717) is 21.6 Å². The lowest BCUT2D eigenvalue weighted by Crippen LogP contribution is -2.41. The van der Waals surface area contributed by atoms with Crippen molar-refractivity contribution >= 4 is 45.6 Å². The molecule has 1 N–H and O–H groups in total. The van der Waals surface area contributed by atoms with Crippen LogP contribution in [0.1, 0.15) is 0 Å². The Morgan fingerprint density at radius 3 is 3.14 bits per heavy atom. The van der Waals surface area contributed by atoms with E-state index in [2.05, 4.69) is 10.3 Å². The molecule has 8 heteroatoms. The summed E-state index contributed by atoms with van der Waals surface area (Å²) in [5.41, 5.74) is 0.622. The van der Waals surface area contributed by atoms with E-state index >= 15 is 0 Å². The van der Waals surface area contributed by atoms with Crippen LogP contribution >= 0.6 is 22.9 Å². The summed E-state index contributed by atoms with van der Waals surface area (Å²) in [5, 5.41) is 5.47. The molecular weight excluding hydrogens is 314 g/mol. The van der Waals surface area contributed by atoms with Crippen LogP contribution in [0.4, 0.5) is 10.8 Å². The minimum absolute atomic E-state index is 0.00136. The number of ether oxygens (including phenoxy) is 1. The number of carbonyl (C=O) groups excluding carboxylic acids is 2. The molecule has 0 radical (unpaired) electrons. The fourth-order valence-electron chi connectivity index (χ4n) is 1.98. The molecule has 0 unspecified atom stereocenters. The van der Waals surface area contributed by atoms with E-state index in [4.69, 9.17) is 16.3 Å². The standard InChI is InChI=1S/C13H10ClN3O3S/c14-8-1-2-10-9(5-8)17(7-12(19)20-10)6-11(18)16-13-15-3-4-21-13/h1-5H,6-7H2,(H,15,16,18). The summed E-state index contributed by atoms with van der Waals surface area (Å²) in [6.45, 7) is 0.0145. The first kappa shape index (κ1) is 13.8. The summed E-state index contributed by atoms with van der Waals surface area (Å²) < 4.78 is 5.12. The molecule has 6 nitrogen and oxygen atoms in total. The third kappa shape index (κ3) is 3.14. The molecule has 1 aromatic heterocycles. The number of rotatable bonds is 3. The number of halogens is 1. The van der Waals surface area contributed by atoms with Crippen molar-refractivity contribution in [3.8, 4) is 5.75 Å². The predicted octanol–water partition coefficient (Wildman–Crippen LogP) is 2.16. The number of aromatic nitrogens is 1. The average molecular weight is 324 g/mol. The molecule has 1 aromatic carbocycles. The van der Waals surface area contributed by atoms with Crippen LogP contribution in [0.5, 0.6) is 5.75 Å². The predicted molar refractivity (Wildman–Crippen MR) is 80.0 cm³/mol. The lowest BCUT2D eigenvalue weighted by Gasteiger charge is -2.29. The van der Waals surface area contributed by atoms with E-state index in [9.17, 15) is 9.59 Å². The topological polar surface area (TPSA) is 71.5 Å². The van der Waals surface area contributed by atoms with E-state index in [0.717, 1.165) is 0 Å². The zero-order chi connectivity index (χ0) is 14.8. The van der Waals surface area contributed by atoms with Gasteiger partial charge in [0, 0.05) is 16.6 Å². The third-order valence-corrected chi connectivity index (χ3v) is 3.74. The Kier molecular flexibility index (Phi) is 3.76. The molecule has 2 heterocycles. The van der Waals surface area contributed by atoms with Crippen molar-refractivity contribution in [1.82, 2.24) is 4.98 Å². The fraction of sp³-hybridized carbons (Fsp3) is 0.154. The molecule has 2 aromatic rings. The van der Waals surface area contributed by atoms with Gasteiger partial charge in [-0.25, -0.2) is 9.78 Å². The van der Waals surface area contributed by atoms with Crippen molar-refractivity contribution in [2.24, 2.45) is 0 Å². The Morgan fingerprint density at radius 2 is 2.38 bits per heavy atom. The Balaban J connectivity index is 1.78. The minimum atomic E-state index is -0.410. The van der Waals surface area contributed by atoms with Gasteiger partial charge in [0.25, 0.3) is 0 Å². The highest BCUT2D eigenvalue weighted by Crippen LogP contribution is 2.34. The van der Waals surface area contributed by atoms with Crippen LogP contribution in [-0.4, -0.2) is 29.9 Å². The molecule has 3 rings (SSSR count). The largest absolute Gasteiger partial charge is 0.423 e. The van der Waals surface area contributed by atoms with Gasteiger partial charge >= 0.3 is 5.97 Å². The summed E-state index contributed by atoms with van der Waals surface area (Å²) in [7, 11) is 0. The molecule has 0 aliphatic carbocycles. The molecule has 0 saturated heterocycles. The van der Waals surface area contributed by atoms with Gasteiger partial charge in [-0.3, -0.25) is 4.79 Å². The maximum absolute atomic E-state index is 12.0. The van der Waals surface area contributed by atoms with Crippen LogP contribution in [0.2, 0.25) is 5.02 Å². The number of hydrogen-bond acceptors (Lipinski definition) is 6. The first-order valence-electron chi connectivity index (χ1n) is 6.06. The van der Waals surface area contributed by atoms with Crippen LogP contribution in [0.25, 0.3) is 0 Å². The van der Waals surface area contributed by atoms with E-state index in [-0.39, 0.29) is 19.0 Å². The molecule has 0 spiro atoms. The first-order valence-corrected chi connectivity index (χ1v) is 7.32. The highest BCUT2D eigenvalue weighted by Gasteiger charge is 2.26. The Bertz CT molecular complexity index is 690. The normalized spacial score (nSPS) is 13.6. The van der Waals surface area contributed by atoms with Crippen molar-refractivity contribution in [2.45, 2.75) is 0 Å². The minimum Gasteiger partial charge on any atom is -0.423 e. The number of carbonyl (C=O) groups is 2. The van der Waals surface area contributed by atoms with Gasteiger partial charge in [-0.15, -0.1) is 11.3 Å². The van der Waals surface area contributed by atoms with Gasteiger partial charge in [0.1, 0.15) is 6.54 Å². The molecule has 0 fully saturated rings. The number of amides is 1. The molecular formula is C13H10ClN3O3S. The second-order valence-electron chi connectivity index (χ2n) is 4.33. The first-order chi connectivity index (χ1) is 10.1. The van der Waals surface area contributed by atoms with Crippen LogP contribution in [0.3, 0.4) is 0 Å². The summed E-state index contributed by atoms with van der Waals surface area (Å²) in [6, 6.07) is 4.91. The monoisotopic (exact) mass is 323 g/mol. The van der Waals surface area contributed by atoms with Gasteiger partial charge in [0.15, 0.2) is 10.9 Å². The number of benzene rings is 1. The number of thiazole rings is 1. The number of hydrogen-bond donors (Lipinski definition) is 1. The molecule has 1 aliphatic heterocycles. The van der Waals surface area contributed by atoms with Gasteiger partial charge < -0.3 is 15.0 Å². The number of fused-ring (bicyclic) bond motifs is 1. The molecule has 108 valence electrons. The van der Waals surface area contributed by atoms with Crippen LogP contribution in [0, 0.1) is 0 Å². The van der Waals surface area contributed by atoms with E-state index in [1.807, 2.05) is 0 Å². The lowest BCUT2D eigenvalue weighted by molar-refractivity contribution is -0.133. The summed E-state index contributed by atoms with van der Waals surface area (Å²) in [5.74, 6) is -0.268. The Labute approximate surface area is 129 Å². The van der Waals surface area contributed by atoms with Gasteiger partial charge in [0.05, 0.1) is 12.2 Å². The number of anilines is 2. The Hall–Kier alpha value is -2.12. The Morgan fingerprint density at radius 1 is 1.52 bits per heavy atom. The second-order valence-corrected chi connectivity index (χ2v) is 5.66. The van der Waals surface area contributed by atoms with E-state index in [1.165, 1.54) is 11.3 Å². The van der Waals surface area contributed by atoms with Crippen molar-refractivity contribution in [2.75, 3.05) is 23.3 Å². The number of esters is 1. The highest BCUT2D eigenvalue weighted by atomic mass is 35.5. The third-order valence-electron chi connectivity index (χ3n) is 2.82. The highest BCUT2D eigenvalue weighted by molar-refractivity contribution is 7.13. The van der Waals surface area contributed by atoms with Gasteiger partial charge in [-0.1, -0.05) is 11.6 Å². The van der Waals surface area contributed by atoms with E-state index in [1.54, 1.807) is 34.7 Å². The molecule has 1 aliphatic rings.